The molecule has 1 heterocycles. The van der Waals surface area contributed by atoms with E-state index in [4.69, 9.17) is 0 Å². The third kappa shape index (κ3) is 7.22. The lowest BCUT2D eigenvalue weighted by molar-refractivity contribution is -0.116. The molecule has 2 N–H and O–H groups in total. The fourth-order valence-corrected chi connectivity index (χ4v) is 3.55. The number of aryl methyl sites for hydroxylation is 1. The third-order valence-corrected chi connectivity index (χ3v) is 4.32. The van der Waals surface area contributed by atoms with Crippen LogP contribution in [0.15, 0.2) is 47.4 Å². The van der Waals surface area contributed by atoms with Crippen molar-refractivity contribution in [1.29, 1.82) is 0 Å². The second-order valence-electron chi connectivity index (χ2n) is 9.37. The van der Waals surface area contributed by atoms with Gasteiger partial charge in [-0.1, -0.05) is 20.8 Å². The number of carbonyl (C=O) groups is 2. The van der Waals surface area contributed by atoms with Gasteiger partial charge in [0.15, 0.2) is 0 Å². The van der Waals surface area contributed by atoms with Gasteiger partial charge in [-0.25, -0.2) is 0 Å². The standard InChI is InChI=1S/C23H31N3O3/c1-16-11-12-26(20(28)13-16)14-19(27)24-18-9-7-17(8-10-18)21(29)25-23(5,6)15-22(2,3)4/h7-13H,14-15H2,1-6H3,(H,24,27)(H,25,29). The Morgan fingerprint density at radius 2 is 1.62 bits per heavy atom. The highest BCUT2D eigenvalue weighted by Gasteiger charge is 2.27. The summed E-state index contributed by atoms with van der Waals surface area (Å²) in [6, 6.07) is 9.99. The van der Waals surface area contributed by atoms with Gasteiger partial charge < -0.3 is 15.2 Å². The first-order valence-corrected chi connectivity index (χ1v) is 9.74. The number of rotatable bonds is 6. The summed E-state index contributed by atoms with van der Waals surface area (Å²) in [5.74, 6) is -0.456. The Bertz CT molecular complexity index is 935. The van der Waals surface area contributed by atoms with E-state index in [1.165, 1.54) is 10.6 Å². The maximum atomic E-state index is 12.5. The number of amides is 2. The molecule has 0 aliphatic carbocycles. The Balaban J connectivity index is 1.98. The largest absolute Gasteiger partial charge is 0.347 e. The molecule has 156 valence electrons. The average molecular weight is 398 g/mol. The molecule has 0 atom stereocenters. The van der Waals surface area contributed by atoms with Crippen molar-refractivity contribution >= 4 is 17.5 Å². The average Bonchev–Trinajstić information content (AvgIpc) is 2.55. The van der Waals surface area contributed by atoms with E-state index in [0.29, 0.717) is 11.3 Å². The van der Waals surface area contributed by atoms with Gasteiger partial charge in [-0.3, -0.25) is 14.4 Å². The van der Waals surface area contributed by atoms with Crippen LogP contribution in [0.3, 0.4) is 0 Å². The molecule has 0 fully saturated rings. The summed E-state index contributed by atoms with van der Waals surface area (Å²) in [5, 5.41) is 5.82. The van der Waals surface area contributed by atoms with Crippen LogP contribution in [-0.2, 0) is 11.3 Å². The van der Waals surface area contributed by atoms with E-state index in [9.17, 15) is 14.4 Å². The molecule has 0 bridgehead atoms. The Hall–Kier alpha value is -2.89. The summed E-state index contributed by atoms with van der Waals surface area (Å²) in [4.78, 5) is 36.6. The SMILES string of the molecule is Cc1ccn(CC(=O)Nc2ccc(C(=O)NC(C)(C)CC(C)(C)C)cc2)c(=O)c1. The minimum absolute atomic E-state index is 0.0671. The molecular weight excluding hydrogens is 366 g/mol. The second-order valence-corrected chi connectivity index (χ2v) is 9.37. The van der Waals surface area contributed by atoms with E-state index in [1.807, 2.05) is 20.8 Å². The van der Waals surface area contributed by atoms with Gasteiger partial charge in [0, 0.05) is 29.1 Å². The summed E-state index contributed by atoms with van der Waals surface area (Å²) < 4.78 is 1.35. The molecule has 0 radical (unpaired) electrons. The van der Waals surface area contributed by atoms with Crippen molar-refractivity contribution in [2.24, 2.45) is 5.41 Å². The van der Waals surface area contributed by atoms with E-state index in [0.717, 1.165) is 12.0 Å². The molecule has 2 aromatic rings. The number of benzene rings is 1. The van der Waals surface area contributed by atoms with Gasteiger partial charge in [-0.15, -0.1) is 0 Å². The van der Waals surface area contributed by atoms with Crippen LogP contribution >= 0.6 is 0 Å². The Morgan fingerprint density at radius 3 is 2.17 bits per heavy atom. The van der Waals surface area contributed by atoms with Crippen LogP contribution in [-0.4, -0.2) is 21.9 Å². The number of nitrogens with one attached hydrogen (secondary N) is 2. The Kier molecular flexibility index (Phi) is 6.67. The lowest BCUT2D eigenvalue weighted by Crippen LogP contribution is -2.45. The first kappa shape index (κ1) is 22.4. The Labute approximate surface area is 172 Å². The van der Waals surface area contributed by atoms with Crippen LogP contribution in [0.4, 0.5) is 5.69 Å². The van der Waals surface area contributed by atoms with Gasteiger partial charge >= 0.3 is 0 Å². The Morgan fingerprint density at radius 1 is 1.00 bits per heavy atom. The highest BCUT2D eigenvalue weighted by atomic mass is 16.2. The highest BCUT2D eigenvalue weighted by molar-refractivity contribution is 5.96. The van der Waals surface area contributed by atoms with Crippen LogP contribution in [0, 0.1) is 12.3 Å². The van der Waals surface area contributed by atoms with Crippen LogP contribution in [0.1, 0.15) is 57.0 Å². The topological polar surface area (TPSA) is 80.2 Å². The minimum Gasteiger partial charge on any atom is -0.347 e. The summed E-state index contributed by atoms with van der Waals surface area (Å²) in [6.07, 6.45) is 2.45. The van der Waals surface area contributed by atoms with E-state index in [-0.39, 0.29) is 34.9 Å². The first-order valence-electron chi connectivity index (χ1n) is 9.74. The molecule has 2 amide bonds. The number of nitrogens with zero attached hydrogens (tertiary/aromatic N) is 1. The third-order valence-electron chi connectivity index (χ3n) is 4.32. The molecule has 0 saturated carbocycles. The molecule has 29 heavy (non-hydrogen) atoms. The number of hydrogen-bond acceptors (Lipinski definition) is 3. The maximum absolute atomic E-state index is 12.5. The number of carbonyl (C=O) groups excluding carboxylic acids is 2. The molecule has 1 aromatic heterocycles. The van der Waals surface area contributed by atoms with Crippen LogP contribution < -0.4 is 16.2 Å². The number of hydrogen-bond donors (Lipinski definition) is 2. The first-order chi connectivity index (χ1) is 13.3. The zero-order chi connectivity index (χ0) is 21.8. The van der Waals surface area contributed by atoms with E-state index < -0.39 is 0 Å². The van der Waals surface area contributed by atoms with Crippen molar-refractivity contribution in [3.8, 4) is 0 Å². The molecule has 6 heteroatoms. The van der Waals surface area contributed by atoms with Crippen molar-refractivity contribution in [1.82, 2.24) is 9.88 Å². The molecule has 0 aliphatic rings. The summed E-state index contributed by atoms with van der Waals surface area (Å²) in [5.41, 5.74) is 1.50. The lowest BCUT2D eigenvalue weighted by atomic mass is 9.81. The minimum atomic E-state index is -0.330. The molecule has 6 nitrogen and oxygen atoms in total. The maximum Gasteiger partial charge on any atom is 0.251 e. The van der Waals surface area contributed by atoms with Gasteiger partial charge in [0.1, 0.15) is 6.54 Å². The van der Waals surface area contributed by atoms with Crippen LogP contribution in [0.25, 0.3) is 0 Å². The summed E-state index contributed by atoms with van der Waals surface area (Å²) >= 11 is 0. The van der Waals surface area contributed by atoms with Crippen LogP contribution in [0.2, 0.25) is 0 Å². The fourth-order valence-electron chi connectivity index (χ4n) is 3.55. The monoisotopic (exact) mass is 397 g/mol. The zero-order valence-electron chi connectivity index (χ0n) is 18.1. The molecule has 0 aliphatic heterocycles. The number of anilines is 1. The summed E-state index contributed by atoms with van der Waals surface area (Å²) in [6.45, 7) is 12.2. The fraction of sp³-hybridized carbons (Fsp3) is 0.435. The van der Waals surface area contributed by atoms with Gasteiger partial charge in [-0.2, -0.15) is 0 Å². The molecule has 0 saturated heterocycles. The highest BCUT2D eigenvalue weighted by Crippen LogP contribution is 2.27. The quantitative estimate of drug-likeness (QED) is 0.779. The van der Waals surface area contributed by atoms with Gasteiger partial charge in [0.2, 0.25) is 5.91 Å². The van der Waals surface area contributed by atoms with Crippen molar-refractivity contribution in [3.05, 3.63) is 64.1 Å². The molecule has 2 rings (SSSR count). The smallest absolute Gasteiger partial charge is 0.251 e. The predicted octanol–water partition coefficient (Wildman–Crippen LogP) is 3.74. The van der Waals surface area contributed by atoms with Crippen molar-refractivity contribution in [2.75, 3.05) is 5.32 Å². The molecule has 0 spiro atoms. The van der Waals surface area contributed by atoms with Gasteiger partial charge in [0.05, 0.1) is 0 Å². The van der Waals surface area contributed by atoms with Crippen molar-refractivity contribution in [2.45, 2.75) is 60.0 Å². The van der Waals surface area contributed by atoms with Crippen molar-refractivity contribution in [3.63, 3.8) is 0 Å². The molecule has 1 aromatic carbocycles. The zero-order valence-corrected chi connectivity index (χ0v) is 18.1. The number of aromatic nitrogens is 1. The normalized spacial score (nSPS) is 11.8. The van der Waals surface area contributed by atoms with Gasteiger partial charge in [-0.05, 0) is 68.5 Å². The summed E-state index contributed by atoms with van der Waals surface area (Å²) in [7, 11) is 0. The number of pyridine rings is 1. The van der Waals surface area contributed by atoms with E-state index in [2.05, 4.69) is 31.4 Å². The molecule has 0 unspecified atom stereocenters. The lowest BCUT2D eigenvalue weighted by Gasteiger charge is -2.33. The van der Waals surface area contributed by atoms with E-state index in [1.54, 1.807) is 36.5 Å². The second kappa shape index (κ2) is 8.64. The molecular formula is C23H31N3O3. The van der Waals surface area contributed by atoms with Gasteiger partial charge in [0.25, 0.3) is 11.5 Å². The van der Waals surface area contributed by atoms with E-state index >= 15 is 0 Å². The van der Waals surface area contributed by atoms with Crippen LogP contribution in [0.5, 0.6) is 0 Å². The van der Waals surface area contributed by atoms with Crippen molar-refractivity contribution < 1.29 is 9.59 Å². The predicted molar refractivity (Wildman–Crippen MR) is 116 cm³/mol.